The number of piperazine rings is 1. The SMILES string of the molecule is O=C(c1ccc2nc(NS(=O)(=O)c3ccc4ccccc4c3)sc2c1)N1CCN(c2ccccc2F)CC1. The van der Waals surface area contributed by atoms with Crippen molar-refractivity contribution in [2.75, 3.05) is 35.8 Å². The highest BCUT2D eigenvalue weighted by atomic mass is 32.2. The second kappa shape index (κ2) is 9.70. The van der Waals surface area contributed by atoms with Crippen LogP contribution in [0, 0.1) is 5.82 Å². The summed E-state index contributed by atoms with van der Waals surface area (Å²) in [6.45, 7) is 2.03. The van der Waals surface area contributed by atoms with Gasteiger partial charge in [0.1, 0.15) is 5.82 Å². The van der Waals surface area contributed by atoms with E-state index in [4.69, 9.17) is 0 Å². The summed E-state index contributed by atoms with van der Waals surface area (Å²) in [6.07, 6.45) is 0. The Balaban J connectivity index is 1.17. The van der Waals surface area contributed by atoms with Gasteiger partial charge in [-0.2, -0.15) is 0 Å². The molecular formula is C28H23FN4O3S2. The molecule has 7 nitrogen and oxygen atoms in total. The van der Waals surface area contributed by atoms with Crippen LogP contribution in [-0.4, -0.2) is 50.4 Å². The molecule has 1 fully saturated rings. The standard InChI is InChI=1S/C28H23FN4O3S2/c29-23-7-3-4-8-25(23)32-13-15-33(16-14-32)27(34)21-10-12-24-26(18-21)37-28(30-24)31-38(35,36)22-11-9-19-5-1-2-6-20(19)17-22/h1-12,17-18H,13-16H2,(H,30,31). The van der Waals surface area contributed by atoms with Crippen LogP contribution in [0.5, 0.6) is 0 Å². The molecule has 1 aliphatic heterocycles. The minimum Gasteiger partial charge on any atom is -0.366 e. The normalized spacial score (nSPS) is 14.2. The second-order valence-corrected chi connectivity index (χ2v) is 11.8. The Kier molecular flexibility index (Phi) is 6.21. The zero-order valence-electron chi connectivity index (χ0n) is 20.2. The molecule has 0 saturated carbocycles. The van der Waals surface area contributed by atoms with Gasteiger partial charge in [0.25, 0.3) is 15.9 Å². The number of rotatable bonds is 5. The van der Waals surface area contributed by atoms with Gasteiger partial charge in [-0.3, -0.25) is 9.52 Å². The zero-order chi connectivity index (χ0) is 26.3. The fraction of sp³-hybridized carbons (Fsp3) is 0.143. The molecule has 0 spiro atoms. The van der Waals surface area contributed by atoms with E-state index in [1.807, 2.05) is 29.2 Å². The lowest BCUT2D eigenvalue weighted by molar-refractivity contribution is 0.0747. The largest absolute Gasteiger partial charge is 0.366 e. The summed E-state index contributed by atoms with van der Waals surface area (Å²) in [5.74, 6) is -0.387. The second-order valence-electron chi connectivity index (χ2n) is 9.05. The maximum absolute atomic E-state index is 14.1. The Morgan fingerprint density at radius 1 is 0.868 bits per heavy atom. The van der Waals surface area contributed by atoms with E-state index in [0.717, 1.165) is 10.8 Å². The molecule has 1 N–H and O–H groups in total. The first-order valence-electron chi connectivity index (χ1n) is 12.1. The fourth-order valence-electron chi connectivity index (χ4n) is 4.65. The highest BCUT2D eigenvalue weighted by molar-refractivity contribution is 7.93. The third-order valence-corrected chi connectivity index (χ3v) is 9.05. The van der Waals surface area contributed by atoms with Crippen molar-refractivity contribution in [3.8, 4) is 0 Å². The molecule has 1 aromatic heterocycles. The molecule has 4 aromatic carbocycles. The van der Waals surface area contributed by atoms with E-state index in [1.165, 1.54) is 17.4 Å². The molecular weight excluding hydrogens is 523 g/mol. The first kappa shape index (κ1) is 24.3. The van der Waals surface area contributed by atoms with Crippen molar-refractivity contribution in [2.24, 2.45) is 0 Å². The number of carbonyl (C=O) groups excluding carboxylic acids is 1. The van der Waals surface area contributed by atoms with Crippen LogP contribution in [0.4, 0.5) is 15.2 Å². The lowest BCUT2D eigenvalue weighted by Crippen LogP contribution is -2.49. The van der Waals surface area contributed by atoms with Gasteiger partial charge in [-0.25, -0.2) is 17.8 Å². The average molecular weight is 547 g/mol. The predicted molar refractivity (Wildman–Crippen MR) is 149 cm³/mol. The molecule has 0 unspecified atom stereocenters. The van der Waals surface area contributed by atoms with E-state index in [2.05, 4.69) is 9.71 Å². The van der Waals surface area contributed by atoms with Crippen LogP contribution < -0.4 is 9.62 Å². The number of hydrogen-bond donors (Lipinski definition) is 1. The Bertz CT molecular complexity index is 1780. The minimum absolute atomic E-state index is 0.119. The number of sulfonamides is 1. The first-order valence-corrected chi connectivity index (χ1v) is 14.4. The number of aromatic nitrogens is 1. The molecule has 2 heterocycles. The molecule has 0 bridgehead atoms. The Morgan fingerprint density at radius 3 is 2.39 bits per heavy atom. The van der Waals surface area contributed by atoms with E-state index in [9.17, 15) is 17.6 Å². The number of thiazole rings is 1. The van der Waals surface area contributed by atoms with Gasteiger partial charge in [-0.1, -0.05) is 53.8 Å². The van der Waals surface area contributed by atoms with Crippen LogP contribution in [0.3, 0.4) is 0 Å². The number of amides is 1. The summed E-state index contributed by atoms with van der Waals surface area (Å²) >= 11 is 1.18. The number of para-hydroxylation sites is 1. The van der Waals surface area contributed by atoms with Crippen molar-refractivity contribution in [3.05, 3.63) is 96.3 Å². The van der Waals surface area contributed by atoms with Crippen molar-refractivity contribution in [2.45, 2.75) is 4.90 Å². The summed E-state index contributed by atoms with van der Waals surface area (Å²) < 4.78 is 43.5. The van der Waals surface area contributed by atoms with Gasteiger partial charge in [-0.15, -0.1) is 0 Å². The summed E-state index contributed by atoms with van der Waals surface area (Å²) in [4.78, 5) is 21.4. The van der Waals surface area contributed by atoms with Crippen molar-refractivity contribution < 1.29 is 17.6 Å². The molecule has 0 atom stereocenters. The summed E-state index contributed by atoms with van der Waals surface area (Å²) in [5.41, 5.74) is 1.65. The molecule has 1 amide bonds. The summed E-state index contributed by atoms with van der Waals surface area (Å²) in [7, 11) is -3.84. The van der Waals surface area contributed by atoms with Crippen LogP contribution in [0.1, 0.15) is 10.4 Å². The predicted octanol–water partition coefficient (Wildman–Crippen LogP) is 5.35. The molecule has 1 saturated heterocycles. The van der Waals surface area contributed by atoms with Crippen LogP contribution in [0.15, 0.2) is 89.8 Å². The van der Waals surface area contributed by atoms with E-state index in [-0.39, 0.29) is 21.8 Å². The zero-order valence-corrected chi connectivity index (χ0v) is 21.8. The minimum atomic E-state index is -3.84. The number of nitrogens with one attached hydrogen (secondary N) is 1. The van der Waals surface area contributed by atoms with E-state index >= 15 is 0 Å². The third-order valence-electron chi connectivity index (χ3n) is 6.65. The van der Waals surface area contributed by atoms with Gasteiger partial charge in [-0.05, 0) is 53.2 Å². The number of nitrogens with zero attached hydrogens (tertiary/aromatic N) is 3. The Morgan fingerprint density at radius 2 is 1.61 bits per heavy atom. The molecule has 1 aliphatic rings. The lowest BCUT2D eigenvalue weighted by atomic mass is 10.1. The van der Waals surface area contributed by atoms with Crippen molar-refractivity contribution in [3.63, 3.8) is 0 Å². The van der Waals surface area contributed by atoms with Gasteiger partial charge in [0.05, 0.1) is 20.8 Å². The van der Waals surface area contributed by atoms with Crippen LogP contribution >= 0.6 is 11.3 Å². The number of benzene rings is 4. The average Bonchev–Trinajstić information content (AvgIpc) is 3.33. The van der Waals surface area contributed by atoms with Crippen LogP contribution in [0.25, 0.3) is 21.0 Å². The highest BCUT2D eigenvalue weighted by Crippen LogP contribution is 2.30. The molecule has 5 aromatic rings. The number of halogens is 1. The number of carbonyl (C=O) groups is 1. The maximum Gasteiger partial charge on any atom is 0.263 e. The number of hydrogen-bond acceptors (Lipinski definition) is 6. The van der Waals surface area contributed by atoms with Crippen molar-refractivity contribution >= 4 is 59.1 Å². The molecule has 10 heteroatoms. The first-order chi connectivity index (χ1) is 18.4. The number of anilines is 2. The van der Waals surface area contributed by atoms with Gasteiger partial charge in [0.2, 0.25) is 0 Å². The molecule has 192 valence electrons. The van der Waals surface area contributed by atoms with Gasteiger partial charge in [0.15, 0.2) is 5.13 Å². The van der Waals surface area contributed by atoms with Gasteiger partial charge in [0, 0.05) is 31.7 Å². The summed E-state index contributed by atoms with van der Waals surface area (Å²) in [6, 6.07) is 24.4. The Hall–Kier alpha value is -4.02. The third kappa shape index (κ3) is 4.68. The fourth-order valence-corrected chi connectivity index (χ4v) is 6.83. The Labute approximate surface area is 223 Å². The highest BCUT2D eigenvalue weighted by Gasteiger charge is 2.24. The van der Waals surface area contributed by atoms with E-state index < -0.39 is 10.0 Å². The number of fused-ring (bicyclic) bond motifs is 2. The monoisotopic (exact) mass is 546 g/mol. The molecule has 38 heavy (non-hydrogen) atoms. The van der Waals surface area contributed by atoms with Gasteiger partial charge < -0.3 is 9.80 Å². The van der Waals surface area contributed by atoms with Gasteiger partial charge >= 0.3 is 0 Å². The molecule has 0 radical (unpaired) electrons. The lowest BCUT2D eigenvalue weighted by Gasteiger charge is -2.36. The quantitative estimate of drug-likeness (QED) is 0.321. The van der Waals surface area contributed by atoms with Crippen LogP contribution in [-0.2, 0) is 10.0 Å². The summed E-state index contributed by atoms with van der Waals surface area (Å²) in [5, 5.41) is 2.02. The van der Waals surface area contributed by atoms with Crippen LogP contribution in [0.2, 0.25) is 0 Å². The van der Waals surface area contributed by atoms with E-state index in [1.54, 1.807) is 59.5 Å². The van der Waals surface area contributed by atoms with E-state index in [0.29, 0.717) is 47.6 Å². The molecule has 0 aliphatic carbocycles. The maximum atomic E-state index is 14.1. The smallest absolute Gasteiger partial charge is 0.263 e. The topological polar surface area (TPSA) is 82.6 Å². The van der Waals surface area contributed by atoms with Crippen molar-refractivity contribution in [1.29, 1.82) is 0 Å². The van der Waals surface area contributed by atoms with Crippen molar-refractivity contribution in [1.82, 2.24) is 9.88 Å². The molecule has 6 rings (SSSR count).